The van der Waals surface area contributed by atoms with E-state index in [-0.39, 0.29) is 18.5 Å². The molecule has 1 heterocycles. The third-order valence-electron chi connectivity index (χ3n) is 7.82. The number of carbonyl (C=O) groups excluding carboxylic acids is 2. The van der Waals surface area contributed by atoms with Crippen LogP contribution in [0.3, 0.4) is 0 Å². The van der Waals surface area contributed by atoms with Crippen molar-refractivity contribution in [2.45, 2.75) is 143 Å². The van der Waals surface area contributed by atoms with Gasteiger partial charge in [-0.3, -0.25) is 4.79 Å². The van der Waals surface area contributed by atoms with Gasteiger partial charge in [0.1, 0.15) is 6.10 Å². The van der Waals surface area contributed by atoms with Gasteiger partial charge in [-0.05, 0) is 96.6 Å². The molecule has 0 saturated carbocycles. The summed E-state index contributed by atoms with van der Waals surface area (Å²) in [6.07, 6.45) is 21.8. The van der Waals surface area contributed by atoms with Crippen LogP contribution in [0.4, 0.5) is 4.79 Å². The van der Waals surface area contributed by atoms with Crippen molar-refractivity contribution in [1.82, 2.24) is 4.90 Å². The van der Waals surface area contributed by atoms with E-state index in [1.165, 1.54) is 0 Å². The van der Waals surface area contributed by atoms with E-state index >= 15 is 0 Å². The Kier molecular flexibility index (Phi) is 26.0. The van der Waals surface area contributed by atoms with Crippen LogP contribution in [-0.4, -0.2) is 75.5 Å². The Morgan fingerprint density at radius 1 is 0.795 bits per heavy atom. The van der Waals surface area contributed by atoms with E-state index in [9.17, 15) is 9.59 Å². The van der Waals surface area contributed by atoms with Crippen molar-refractivity contribution < 1.29 is 33.3 Å². The summed E-state index contributed by atoms with van der Waals surface area (Å²) in [5.74, 6) is 0.120. The van der Waals surface area contributed by atoms with Crippen LogP contribution in [0.5, 0.6) is 0 Å². The van der Waals surface area contributed by atoms with Crippen molar-refractivity contribution in [3.8, 4) is 0 Å². The van der Waals surface area contributed by atoms with Crippen LogP contribution in [0, 0.1) is 5.92 Å². The standard InChI is InChI=1S/C36H65NO7/c1-5-9-11-13-15-17-27-41-35(42-28-18-16-14-12-10-6-2)25-24-34(38)40-29-20-23-33(21-7-3)44-36(39)43-31-32-22-19-26-37(8-4)30-32/h9-12,32-33,35H,5-8,13-31H2,1-4H3/b11-9-,12-10-. The highest BCUT2D eigenvalue weighted by Gasteiger charge is 2.22. The molecule has 0 aliphatic carbocycles. The Hall–Kier alpha value is -1.90. The molecule has 44 heavy (non-hydrogen) atoms. The molecule has 0 bridgehead atoms. The van der Waals surface area contributed by atoms with Crippen molar-refractivity contribution in [2.24, 2.45) is 5.92 Å². The molecule has 1 fully saturated rings. The highest BCUT2D eigenvalue weighted by molar-refractivity contribution is 5.69. The normalized spacial score (nSPS) is 16.6. The van der Waals surface area contributed by atoms with Crippen molar-refractivity contribution in [2.75, 3.05) is 46.1 Å². The van der Waals surface area contributed by atoms with Crippen LogP contribution in [0.2, 0.25) is 0 Å². The predicted octanol–water partition coefficient (Wildman–Crippen LogP) is 8.78. The molecule has 0 spiro atoms. The molecule has 0 aromatic heterocycles. The van der Waals surface area contributed by atoms with Gasteiger partial charge in [-0.1, -0.05) is 58.4 Å². The maximum absolute atomic E-state index is 12.5. The summed E-state index contributed by atoms with van der Waals surface area (Å²) in [5.41, 5.74) is 0. The van der Waals surface area contributed by atoms with Gasteiger partial charge < -0.3 is 28.6 Å². The fourth-order valence-electron chi connectivity index (χ4n) is 5.26. The first-order chi connectivity index (χ1) is 21.5. The molecule has 0 aromatic carbocycles. The lowest BCUT2D eigenvalue weighted by molar-refractivity contribution is -0.159. The predicted molar refractivity (Wildman–Crippen MR) is 178 cm³/mol. The summed E-state index contributed by atoms with van der Waals surface area (Å²) >= 11 is 0. The van der Waals surface area contributed by atoms with Crippen LogP contribution >= 0.6 is 0 Å². The maximum Gasteiger partial charge on any atom is 0.508 e. The number of carbonyl (C=O) groups is 2. The van der Waals surface area contributed by atoms with Gasteiger partial charge in [0.2, 0.25) is 0 Å². The molecule has 1 aliphatic rings. The minimum absolute atomic E-state index is 0.231. The van der Waals surface area contributed by atoms with Crippen LogP contribution in [-0.2, 0) is 28.5 Å². The average Bonchev–Trinajstić information content (AvgIpc) is 3.03. The van der Waals surface area contributed by atoms with Gasteiger partial charge in [-0.2, -0.15) is 0 Å². The minimum atomic E-state index is -0.588. The number of ether oxygens (including phenoxy) is 5. The Morgan fingerprint density at radius 2 is 1.48 bits per heavy atom. The first-order valence-corrected chi connectivity index (χ1v) is 17.8. The second-order valence-corrected chi connectivity index (χ2v) is 11.8. The Labute approximate surface area is 269 Å². The Bertz CT molecular complexity index is 733. The second-order valence-electron chi connectivity index (χ2n) is 11.8. The van der Waals surface area contributed by atoms with Crippen molar-refractivity contribution in [3.05, 3.63) is 24.3 Å². The molecule has 1 saturated heterocycles. The molecule has 0 radical (unpaired) electrons. The SMILES string of the molecule is CC/C=C\CCCCOC(CCC(=O)OCCCC(CCC)OC(=O)OCC1CCCN(CC)C1)OCCCC/C=C\CC. The van der Waals surface area contributed by atoms with Gasteiger partial charge in [-0.15, -0.1) is 0 Å². The summed E-state index contributed by atoms with van der Waals surface area (Å²) in [4.78, 5) is 27.2. The van der Waals surface area contributed by atoms with Crippen molar-refractivity contribution in [3.63, 3.8) is 0 Å². The first kappa shape index (κ1) is 40.1. The smallest absolute Gasteiger partial charge is 0.466 e. The molecule has 8 heteroatoms. The van der Waals surface area contributed by atoms with Crippen LogP contribution in [0.15, 0.2) is 24.3 Å². The van der Waals surface area contributed by atoms with Crippen LogP contribution in [0.1, 0.15) is 130 Å². The third kappa shape index (κ3) is 22.6. The number of allylic oxidation sites excluding steroid dienone is 4. The summed E-state index contributed by atoms with van der Waals surface area (Å²) in [6, 6.07) is 0. The number of unbranched alkanes of at least 4 members (excludes halogenated alkanes) is 4. The monoisotopic (exact) mass is 623 g/mol. The van der Waals surface area contributed by atoms with E-state index < -0.39 is 12.4 Å². The largest absolute Gasteiger partial charge is 0.508 e. The minimum Gasteiger partial charge on any atom is -0.466 e. The molecular weight excluding hydrogens is 558 g/mol. The molecule has 8 nitrogen and oxygen atoms in total. The van der Waals surface area contributed by atoms with Crippen molar-refractivity contribution in [1.29, 1.82) is 0 Å². The first-order valence-electron chi connectivity index (χ1n) is 17.8. The zero-order chi connectivity index (χ0) is 32.1. The molecule has 1 aliphatic heterocycles. The summed E-state index contributed by atoms with van der Waals surface area (Å²) in [7, 11) is 0. The van der Waals surface area contributed by atoms with E-state index in [1.54, 1.807) is 0 Å². The lowest BCUT2D eigenvalue weighted by Crippen LogP contribution is -2.37. The van der Waals surface area contributed by atoms with Gasteiger partial charge in [-0.25, -0.2) is 4.79 Å². The molecule has 1 rings (SSSR count). The molecule has 2 atom stereocenters. The highest BCUT2D eigenvalue weighted by Crippen LogP contribution is 2.18. The third-order valence-corrected chi connectivity index (χ3v) is 7.82. The second kappa shape index (κ2) is 28.6. The highest BCUT2D eigenvalue weighted by atomic mass is 16.7. The van der Waals surface area contributed by atoms with Gasteiger partial charge in [0.05, 0.1) is 19.6 Å². The van der Waals surface area contributed by atoms with E-state index in [4.69, 9.17) is 23.7 Å². The van der Waals surface area contributed by atoms with E-state index in [1.807, 2.05) is 0 Å². The van der Waals surface area contributed by atoms with Gasteiger partial charge in [0, 0.05) is 32.1 Å². The number of nitrogens with zero attached hydrogens (tertiary/aromatic N) is 1. The topological polar surface area (TPSA) is 83.5 Å². The van der Waals surface area contributed by atoms with Gasteiger partial charge >= 0.3 is 12.1 Å². The zero-order valence-corrected chi connectivity index (χ0v) is 28.6. The molecule has 0 amide bonds. The number of hydrogen-bond donors (Lipinski definition) is 0. The van der Waals surface area contributed by atoms with E-state index in [2.05, 4.69) is 56.9 Å². The number of esters is 1. The van der Waals surface area contributed by atoms with Crippen molar-refractivity contribution >= 4 is 12.1 Å². The number of hydrogen-bond acceptors (Lipinski definition) is 8. The van der Waals surface area contributed by atoms with Gasteiger partial charge in [0.25, 0.3) is 0 Å². The van der Waals surface area contributed by atoms with E-state index in [0.29, 0.717) is 51.6 Å². The Morgan fingerprint density at radius 3 is 2.09 bits per heavy atom. The molecular formula is C36H65NO7. The molecule has 0 N–H and O–H groups in total. The lowest BCUT2D eigenvalue weighted by Gasteiger charge is -2.31. The average molecular weight is 624 g/mol. The quantitative estimate of drug-likeness (QED) is 0.0389. The fraction of sp³-hybridized carbons (Fsp3) is 0.833. The van der Waals surface area contributed by atoms with Crippen LogP contribution in [0.25, 0.3) is 0 Å². The fourth-order valence-corrected chi connectivity index (χ4v) is 5.26. The summed E-state index contributed by atoms with van der Waals surface area (Å²) in [6.45, 7) is 13.6. The van der Waals surface area contributed by atoms with Crippen LogP contribution < -0.4 is 0 Å². The zero-order valence-electron chi connectivity index (χ0n) is 28.6. The molecule has 0 aromatic rings. The summed E-state index contributed by atoms with van der Waals surface area (Å²) < 4.78 is 28.6. The lowest BCUT2D eigenvalue weighted by atomic mass is 9.99. The number of likely N-dealkylation sites (tertiary alicyclic amines) is 1. The van der Waals surface area contributed by atoms with Gasteiger partial charge in [0.15, 0.2) is 6.29 Å². The molecule has 2 unspecified atom stereocenters. The van der Waals surface area contributed by atoms with E-state index in [0.717, 1.165) is 96.7 Å². The maximum atomic E-state index is 12.5. The summed E-state index contributed by atoms with van der Waals surface area (Å²) in [5, 5.41) is 0. The Balaban J connectivity index is 2.32. The molecule has 256 valence electrons. The number of piperidine rings is 1. The number of rotatable bonds is 27.